The first-order valence-corrected chi connectivity index (χ1v) is 27.0. The van der Waals surface area contributed by atoms with Crippen molar-refractivity contribution in [1.29, 1.82) is 0 Å². The molecule has 1 aromatic heterocycles. The number of ether oxygens (including phenoxy) is 4. The quantitative estimate of drug-likeness (QED) is 0.0602. The number of nitrogens with one attached hydrogen (secondary N) is 3. The van der Waals surface area contributed by atoms with Gasteiger partial charge in [-0.2, -0.15) is 0 Å². The van der Waals surface area contributed by atoms with Crippen molar-refractivity contribution in [3.8, 4) is 5.75 Å². The molecule has 5 aliphatic heterocycles. The van der Waals surface area contributed by atoms with Crippen LogP contribution in [0.4, 0.5) is 11.4 Å². The van der Waals surface area contributed by atoms with Crippen molar-refractivity contribution in [3.05, 3.63) is 136 Å². The fourth-order valence-corrected chi connectivity index (χ4v) is 15.7. The second kappa shape index (κ2) is 19.2. The smallest absolute Gasteiger partial charge is 0.344 e. The maximum Gasteiger partial charge on any atom is 0.344 e. The number of fused-ring (bicyclic) bond motifs is 6. The van der Waals surface area contributed by atoms with Crippen LogP contribution in [0.25, 0.3) is 10.9 Å². The summed E-state index contributed by atoms with van der Waals surface area (Å²) in [5.74, 6) is -2.35. The second-order valence-electron chi connectivity index (χ2n) is 22.6. The van der Waals surface area contributed by atoms with Crippen LogP contribution in [0.1, 0.15) is 102 Å². The molecule has 3 fully saturated rings. The number of aromatic amines is 1. The number of amides is 2. The molecule has 2 bridgehead atoms. The molecular weight excluding hydrogens is 977 g/mol. The van der Waals surface area contributed by atoms with E-state index in [0.717, 1.165) is 27.6 Å². The minimum Gasteiger partial charge on any atom is -0.496 e. The zero-order valence-electron chi connectivity index (χ0n) is 45.3. The summed E-state index contributed by atoms with van der Waals surface area (Å²) in [6.45, 7) is 10.4. The minimum absolute atomic E-state index is 0.201. The topological polar surface area (TPSA) is 192 Å². The summed E-state index contributed by atoms with van der Waals surface area (Å²) in [7, 11) is 6.12. The average molecular weight is 1050 g/mol. The number of aliphatic hydroxyl groups is 1. The van der Waals surface area contributed by atoms with Crippen molar-refractivity contribution >= 4 is 52.0 Å². The Balaban J connectivity index is 1.07. The number of aryl methyl sites for hydroxylation is 1. The minimum atomic E-state index is -2.36. The third-order valence-electron chi connectivity index (χ3n) is 18.8. The third-order valence-corrected chi connectivity index (χ3v) is 18.8. The summed E-state index contributed by atoms with van der Waals surface area (Å²) in [5.41, 5.74) is 0.294. The van der Waals surface area contributed by atoms with Crippen LogP contribution in [0, 0.1) is 18.3 Å². The van der Waals surface area contributed by atoms with E-state index in [0.29, 0.717) is 104 Å². The Morgan fingerprint density at radius 3 is 2.30 bits per heavy atom. The molecule has 1 unspecified atom stereocenters. The first-order valence-electron chi connectivity index (χ1n) is 27.0. The van der Waals surface area contributed by atoms with Gasteiger partial charge in [0.05, 0.1) is 32.9 Å². The van der Waals surface area contributed by atoms with Crippen molar-refractivity contribution in [2.75, 3.05) is 71.3 Å². The molecule has 1 spiro atoms. The molecule has 77 heavy (non-hydrogen) atoms. The Labute approximate surface area is 449 Å². The number of benzene rings is 4. The van der Waals surface area contributed by atoms with E-state index in [1.807, 2.05) is 86.5 Å². The van der Waals surface area contributed by atoms with Crippen LogP contribution in [0.3, 0.4) is 0 Å². The number of carbonyl (C=O) groups is 5. The molecule has 16 nitrogen and oxygen atoms in total. The molecule has 4 N–H and O–H groups in total. The van der Waals surface area contributed by atoms with E-state index < -0.39 is 57.4 Å². The molecule has 16 heteroatoms. The Morgan fingerprint density at radius 1 is 0.831 bits per heavy atom. The number of hydrogen-bond acceptors (Lipinski definition) is 13. The Bertz CT molecular complexity index is 3250. The predicted molar refractivity (Wildman–Crippen MR) is 291 cm³/mol. The van der Waals surface area contributed by atoms with Crippen molar-refractivity contribution in [2.24, 2.45) is 11.3 Å². The standard InChI is InChI=1S/C61H70N6O10/c1-9-57(64-51(70)40-22-21-36(3)46(29-40)63-50(69)39-17-12-11-13-18-39)32-38-33-60(55(71)75-7,49-42(23-27-66(34-38)35-57)41-19-14-15-20-45(41)62-49)44-30-43-47(31-48(44)74-6)65(5)53-59(43)25-28-67-26-16-24-58(10-2,52(59)67)54(77-37(4)68)61(53,73)56(72)76-8/h11-22,24,29-31,38,52-54,62,73H,9-10,23,25-28,32-35H2,1-8H3,(H,63,69)(H,64,70)/t38-,52+,53-,54-,57+,58-,59-,60+,61+/m1/s1. The number of aromatic nitrogens is 1. The monoisotopic (exact) mass is 1050 g/mol. The molecule has 6 heterocycles. The van der Waals surface area contributed by atoms with Gasteiger partial charge in [0.15, 0.2) is 6.10 Å². The molecule has 1 saturated carbocycles. The molecular formula is C61H70N6O10. The number of piperidine rings is 1. The lowest BCUT2D eigenvalue weighted by Crippen LogP contribution is -2.81. The van der Waals surface area contributed by atoms with E-state index in [4.69, 9.17) is 18.9 Å². The van der Waals surface area contributed by atoms with Gasteiger partial charge in [-0.3, -0.25) is 24.1 Å². The van der Waals surface area contributed by atoms with E-state index in [1.54, 1.807) is 31.4 Å². The first-order chi connectivity index (χ1) is 37.0. The molecule has 10 atom stereocenters. The van der Waals surface area contributed by atoms with E-state index in [1.165, 1.54) is 21.1 Å². The fourth-order valence-electron chi connectivity index (χ4n) is 15.7. The highest BCUT2D eigenvalue weighted by atomic mass is 16.6. The number of likely N-dealkylation sites (N-methyl/N-ethyl adjacent to an activating group) is 1. The third kappa shape index (κ3) is 7.66. The molecule has 5 aromatic rings. The number of H-pyrrole nitrogens is 1. The SMILES string of the molecule is CC[C@]1(NC(=O)c2ccc(C)c(NC(=O)c3ccccc3)c2)C[C@H]2CN(CCc3c([nH]c4ccccc34)[C@@](C(=O)OC)(c3cc4c(cc3OC)N(C)[C@H]3[C@@](O)(C(=O)OC)[C@H](OC(C)=O)[C@]5(CC)C=CCN6CC[C@]43[C@@H]65)C2)C1. The van der Waals surface area contributed by atoms with Gasteiger partial charge in [0.2, 0.25) is 5.60 Å². The van der Waals surface area contributed by atoms with Crippen molar-refractivity contribution in [3.63, 3.8) is 0 Å². The number of nitrogens with zero attached hydrogens (tertiary/aromatic N) is 3. The van der Waals surface area contributed by atoms with Crippen molar-refractivity contribution in [1.82, 2.24) is 20.1 Å². The fraction of sp³-hybridized carbons (Fsp3) is 0.459. The van der Waals surface area contributed by atoms with Gasteiger partial charge < -0.3 is 49.5 Å². The molecule has 6 aliphatic rings. The average Bonchev–Trinajstić information content (AvgIpc) is 3.57. The second-order valence-corrected chi connectivity index (χ2v) is 22.6. The molecule has 404 valence electrons. The number of anilines is 2. The van der Waals surface area contributed by atoms with Gasteiger partial charge in [-0.25, -0.2) is 4.79 Å². The van der Waals surface area contributed by atoms with Gasteiger partial charge in [-0.15, -0.1) is 0 Å². The van der Waals surface area contributed by atoms with Gasteiger partial charge in [0, 0.05) is 108 Å². The van der Waals surface area contributed by atoms with Crippen LogP contribution < -0.4 is 20.3 Å². The zero-order chi connectivity index (χ0) is 54.4. The highest BCUT2D eigenvalue weighted by Crippen LogP contribution is 2.68. The van der Waals surface area contributed by atoms with Crippen LogP contribution in [0.2, 0.25) is 0 Å². The summed E-state index contributed by atoms with van der Waals surface area (Å²) in [4.78, 5) is 82.3. The number of esters is 3. The molecule has 2 amide bonds. The Hall–Kier alpha value is -7.01. The lowest BCUT2D eigenvalue weighted by molar-refractivity contribution is -0.228. The first kappa shape index (κ1) is 52.1. The normalized spacial score (nSPS) is 30.8. The van der Waals surface area contributed by atoms with E-state index >= 15 is 4.79 Å². The molecule has 2 saturated heterocycles. The maximum atomic E-state index is 15.9. The lowest BCUT2D eigenvalue weighted by atomic mass is 9.47. The van der Waals surface area contributed by atoms with Crippen molar-refractivity contribution in [2.45, 2.75) is 106 Å². The predicted octanol–water partition coefficient (Wildman–Crippen LogP) is 6.99. The van der Waals surface area contributed by atoms with Gasteiger partial charge in [0.25, 0.3) is 11.8 Å². The summed E-state index contributed by atoms with van der Waals surface area (Å²) in [6.07, 6.45) is 5.67. The van der Waals surface area contributed by atoms with Gasteiger partial charge in [0.1, 0.15) is 11.2 Å². The van der Waals surface area contributed by atoms with Crippen LogP contribution in [-0.4, -0.2) is 140 Å². The number of hydrogen-bond donors (Lipinski definition) is 4. The van der Waals surface area contributed by atoms with Crippen LogP contribution in [0.15, 0.2) is 97.1 Å². The molecule has 1 aliphatic carbocycles. The van der Waals surface area contributed by atoms with Crippen LogP contribution in [0.5, 0.6) is 5.75 Å². The summed E-state index contributed by atoms with van der Waals surface area (Å²) < 4.78 is 24.4. The van der Waals surface area contributed by atoms with E-state index in [2.05, 4.69) is 44.5 Å². The zero-order valence-corrected chi connectivity index (χ0v) is 45.3. The number of methoxy groups -OCH3 is 3. The number of carbonyl (C=O) groups excluding carboxylic acids is 5. The lowest BCUT2D eigenvalue weighted by Gasteiger charge is -2.63. The van der Waals surface area contributed by atoms with Crippen LogP contribution in [-0.2, 0) is 45.8 Å². The molecule has 11 rings (SSSR count). The Morgan fingerprint density at radius 2 is 1.58 bits per heavy atom. The van der Waals surface area contributed by atoms with Crippen molar-refractivity contribution < 1.29 is 48.0 Å². The Kier molecular flexibility index (Phi) is 13.0. The van der Waals surface area contributed by atoms with Gasteiger partial charge >= 0.3 is 17.9 Å². The summed E-state index contributed by atoms with van der Waals surface area (Å²) in [5, 5.41) is 21.1. The van der Waals surface area contributed by atoms with Crippen LogP contribution >= 0.6 is 0 Å². The molecule has 0 radical (unpaired) electrons. The number of rotatable bonds is 11. The van der Waals surface area contributed by atoms with Gasteiger partial charge in [-0.1, -0.05) is 68.5 Å². The maximum absolute atomic E-state index is 15.9. The highest BCUT2D eigenvalue weighted by Gasteiger charge is 2.80. The number of para-hydroxylation sites is 1. The van der Waals surface area contributed by atoms with E-state index in [9.17, 15) is 24.3 Å². The summed E-state index contributed by atoms with van der Waals surface area (Å²) in [6, 6.07) is 25.1. The largest absolute Gasteiger partial charge is 0.496 e. The van der Waals surface area contributed by atoms with E-state index in [-0.39, 0.29) is 30.2 Å². The molecule has 4 aromatic carbocycles. The van der Waals surface area contributed by atoms with Gasteiger partial charge in [-0.05, 0) is 111 Å². The highest BCUT2D eigenvalue weighted by molar-refractivity contribution is 6.05. The summed E-state index contributed by atoms with van der Waals surface area (Å²) >= 11 is 0.